The van der Waals surface area contributed by atoms with Crippen molar-refractivity contribution in [1.29, 1.82) is 0 Å². The Hall–Kier alpha value is -4.34. The molecule has 0 unspecified atom stereocenters. The van der Waals surface area contributed by atoms with Gasteiger partial charge in [-0.2, -0.15) is 0 Å². The number of likely N-dealkylation sites (N-methyl/N-ethyl adjacent to an activating group) is 1. The van der Waals surface area contributed by atoms with Crippen LogP contribution in [-0.4, -0.2) is 50.9 Å². The number of nitrogens with zero attached hydrogens (tertiary/aromatic N) is 2. The lowest BCUT2D eigenvalue weighted by molar-refractivity contribution is -0.140. The van der Waals surface area contributed by atoms with Gasteiger partial charge in [0.1, 0.15) is 18.3 Å². The molecule has 4 aromatic carbocycles. The van der Waals surface area contributed by atoms with Gasteiger partial charge in [-0.15, -0.1) is 0 Å². The normalized spacial score (nSPS) is 11.8. The van der Waals surface area contributed by atoms with Crippen molar-refractivity contribution in [1.82, 2.24) is 10.2 Å². The topological polar surface area (TPSA) is 96.0 Å². The number of carbonyl (C=O) groups is 2. The van der Waals surface area contributed by atoms with Gasteiger partial charge in [0, 0.05) is 24.5 Å². The Morgan fingerprint density at radius 3 is 2.16 bits per heavy atom. The van der Waals surface area contributed by atoms with E-state index in [1.165, 1.54) is 17.0 Å². The monoisotopic (exact) mass is 647 g/mol. The zero-order chi connectivity index (χ0) is 32.4. The predicted octanol–water partition coefficient (Wildman–Crippen LogP) is 6.02. The minimum atomic E-state index is -4.20. The lowest BCUT2D eigenvalue weighted by Gasteiger charge is -2.34. The molecule has 1 N–H and O–H groups in total. The molecule has 0 aliphatic heterocycles. The van der Waals surface area contributed by atoms with Crippen LogP contribution >= 0.6 is 11.6 Å². The maximum atomic E-state index is 14.4. The average Bonchev–Trinajstić information content (AvgIpc) is 3.03. The molecule has 10 heteroatoms. The molecule has 2 amide bonds. The van der Waals surface area contributed by atoms with E-state index in [-0.39, 0.29) is 29.5 Å². The maximum absolute atomic E-state index is 14.4. The van der Waals surface area contributed by atoms with E-state index in [1.807, 2.05) is 57.2 Å². The summed E-state index contributed by atoms with van der Waals surface area (Å²) in [6, 6.07) is 28.5. The lowest BCUT2D eigenvalue weighted by Crippen LogP contribution is -2.53. The quantitative estimate of drug-likeness (QED) is 0.181. The molecule has 0 heterocycles. The Balaban J connectivity index is 1.79. The summed E-state index contributed by atoms with van der Waals surface area (Å²) in [6.07, 6.45) is 0.229. The van der Waals surface area contributed by atoms with Crippen molar-refractivity contribution in [3.8, 4) is 5.75 Å². The van der Waals surface area contributed by atoms with Crippen LogP contribution in [0.1, 0.15) is 30.5 Å². The SMILES string of the molecule is CCNC(=O)[C@@H](Cc1ccccc1)N(Cc1cccc(Cl)c1)C(=O)CN(c1ccc(OCC)cc1)S(=O)(=O)c1ccc(C)cc1. The molecule has 0 aromatic heterocycles. The summed E-state index contributed by atoms with van der Waals surface area (Å²) in [5.41, 5.74) is 2.74. The molecule has 8 nitrogen and oxygen atoms in total. The van der Waals surface area contributed by atoms with Crippen LogP contribution in [0.25, 0.3) is 0 Å². The first-order chi connectivity index (χ1) is 21.6. The van der Waals surface area contributed by atoms with Gasteiger partial charge in [0.05, 0.1) is 17.2 Å². The number of ether oxygens (including phenoxy) is 1. The molecule has 1 atom stereocenters. The first-order valence-electron chi connectivity index (χ1n) is 14.8. The van der Waals surface area contributed by atoms with Crippen molar-refractivity contribution in [3.63, 3.8) is 0 Å². The van der Waals surface area contributed by atoms with Crippen LogP contribution in [0, 0.1) is 6.92 Å². The molecule has 4 rings (SSSR count). The van der Waals surface area contributed by atoms with Gasteiger partial charge < -0.3 is 15.0 Å². The van der Waals surface area contributed by atoms with Crippen molar-refractivity contribution < 1.29 is 22.7 Å². The largest absolute Gasteiger partial charge is 0.494 e. The zero-order valence-electron chi connectivity index (χ0n) is 25.6. The number of amides is 2. The van der Waals surface area contributed by atoms with Crippen molar-refractivity contribution in [2.45, 2.75) is 44.7 Å². The molecule has 45 heavy (non-hydrogen) atoms. The molecule has 0 saturated carbocycles. The predicted molar refractivity (Wildman–Crippen MR) is 178 cm³/mol. The number of hydrogen-bond acceptors (Lipinski definition) is 5. The zero-order valence-corrected chi connectivity index (χ0v) is 27.2. The van der Waals surface area contributed by atoms with Gasteiger partial charge in [-0.05, 0) is 80.4 Å². The fourth-order valence-corrected chi connectivity index (χ4v) is 6.55. The summed E-state index contributed by atoms with van der Waals surface area (Å²) in [5, 5.41) is 3.34. The van der Waals surface area contributed by atoms with Crippen LogP contribution < -0.4 is 14.4 Å². The van der Waals surface area contributed by atoms with Crippen LogP contribution in [0.15, 0.2) is 108 Å². The third-order valence-corrected chi connectivity index (χ3v) is 9.21. The summed E-state index contributed by atoms with van der Waals surface area (Å²) in [4.78, 5) is 29.5. The van der Waals surface area contributed by atoms with Gasteiger partial charge in [-0.25, -0.2) is 8.42 Å². The second kappa shape index (κ2) is 15.6. The Labute approximate surface area is 270 Å². The van der Waals surface area contributed by atoms with Gasteiger partial charge in [0.15, 0.2) is 0 Å². The van der Waals surface area contributed by atoms with Gasteiger partial charge in [0.2, 0.25) is 11.8 Å². The first-order valence-corrected chi connectivity index (χ1v) is 16.6. The maximum Gasteiger partial charge on any atom is 0.264 e. The number of hydrogen-bond donors (Lipinski definition) is 1. The molecular weight excluding hydrogens is 610 g/mol. The highest BCUT2D eigenvalue weighted by Gasteiger charge is 2.34. The Morgan fingerprint density at radius 2 is 1.53 bits per heavy atom. The van der Waals surface area contributed by atoms with E-state index in [1.54, 1.807) is 54.6 Å². The fourth-order valence-electron chi connectivity index (χ4n) is 4.92. The summed E-state index contributed by atoms with van der Waals surface area (Å²) in [5.74, 6) is -0.320. The van der Waals surface area contributed by atoms with Crippen molar-refractivity contribution in [3.05, 3.63) is 125 Å². The van der Waals surface area contributed by atoms with E-state index >= 15 is 0 Å². The molecule has 0 spiro atoms. The number of rotatable bonds is 14. The molecule has 0 aliphatic rings. The van der Waals surface area contributed by atoms with E-state index < -0.39 is 28.5 Å². The number of sulfonamides is 1. The molecule has 236 valence electrons. The molecule has 0 aliphatic carbocycles. The number of nitrogens with one attached hydrogen (secondary N) is 1. The smallest absolute Gasteiger partial charge is 0.264 e. The fraction of sp³-hybridized carbons (Fsp3) is 0.257. The molecule has 0 bridgehead atoms. The van der Waals surface area contributed by atoms with E-state index in [0.717, 1.165) is 15.4 Å². The highest BCUT2D eigenvalue weighted by atomic mass is 35.5. The van der Waals surface area contributed by atoms with Gasteiger partial charge >= 0.3 is 0 Å². The summed E-state index contributed by atoms with van der Waals surface area (Å²) < 4.78 is 34.9. The third kappa shape index (κ3) is 8.86. The van der Waals surface area contributed by atoms with Crippen molar-refractivity contribution in [2.75, 3.05) is 24.0 Å². The van der Waals surface area contributed by atoms with E-state index in [2.05, 4.69) is 5.32 Å². The molecule has 0 fully saturated rings. The second-order valence-electron chi connectivity index (χ2n) is 10.5. The molecule has 0 radical (unpaired) electrons. The van der Waals surface area contributed by atoms with E-state index in [0.29, 0.717) is 29.5 Å². The summed E-state index contributed by atoms with van der Waals surface area (Å²) in [7, 11) is -4.20. The minimum absolute atomic E-state index is 0.0374. The molecule has 0 saturated heterocycles. The van der Waals surface area contributed by atoms with Crippen LogP contribution in [0.2, 0.25) is 5.02 Å². The van der Waals surface area contributed by atoms with Crippen LogP contribution in [0.4, 0.5) is 5.69 Å². The van der Waals surface area contributed by atoms with Gasteiger partial charge in [-0.3, -0.25) is 13.9 Å². The second-order valence-corrected chi connectivity index (χ2v) is 12.8. The minimum Gasteiger partial charge on any atom is -0.494 e. The highest BCUT2D eigenvalue weighted by Crippen LogP contribution is 2.27. The van der Waals surface area contributed by atoms with Crippen LogP contribution in [0.3, 0.4) is 0 Å². The first kappa shape index (κ1) is 33.6. The number of anilines is 1. The van der Waals surface area contributed by atoms with E-state index in [9.17, 15) is 18.0 Å². The number of benzene rings is 4. The number of carbonyl (C=O) groups excluding carboxylic acids is 2. The van der Waals surface area contributed by atoms with Crippen LogP contribution in [-0.2, 0) is 32.6 Å². The highest BCUT2D eigenvalue weighted by molar-refractivity contribution is 7.92. The lowest BCUT2D eigenvalue weighted by atomic mass is 10.0. The molecule has 4 aromatic rings. The van der Waals surface area contributed by atoms with Gasteiger partial charge in [0.25, 0.3) is 10.0 Å². The number of aryl methyl sites for hydroxylation is 1. The standard InChI is InChI=1S/C35H38ClN3O5S/c1-4-37-35(41)33(23-27-10-7-6-8-11-27)38(24-28-12-9-13-29(36)22-28)34(40)25-39(30-16-18-31(19-17-30)44-5-2)45(42,43)32-20-14-26(3)15-21-32/h6-22,33H,4-5,23-25H2,1-3H3,(H,37,41)/t33-/m1/s1. The Bertz CT molecular complexity index is 1680. The summed E-state index contributed by atoms with van der Waals surface area (Å²) >= 11 is 6.29. The van der Waals surface area contributed by atoms with Crippen molar-refractivity contribution in [2.24, 2.45) is 0 Å². The molecular formula is C35H38ClN3O5S. The third-order valence-electron chi connectivity index (χ3n) is 7.19. The van der Waals surface area contributed by atoms with Crippen LogP contribution in [0.5, 0.6) is 5.75 Å². The Kier molecular flexibility index (Phi) is 11.6. The van der Waals surface area contributed by atoms with Gasteiger partial charge in [-0.1, -0.05) is 71.8 Å². The summed E-state index contributed by atoms with van der Waals surface area (Å²) in [6.45, 7) is 5.84. The number of halogens is 1. The Morgan fingerprint density at radius 1 is 0.867 bits per heavy atom. The van der Waals surface area contributed by atoms with Crippen molar-refractivity contribution >= 4 is 39.1 Å². The van der Waals surface area contributed by atoms with E-state index in [4.69, 9.17) is 16.3 Å². The average molecular weight is 648 g/mol.